The first kappa shape index (κ1) is 11.8. The molecule has 2 atom stereocenters. The number of allylic oxidation sites excluding steroid dienone is 2. The normalized spacial score (nSPS) is 38.1. The molecule has 0 aliphatic heterocycles. The molecule has 2 aliphatic rings. The molecule has 2 rings (SSSR count). The van der Waals surface area contributed by atoms with Gasteiger partial charge in [0, 0.05) is 0 Å². The van der Waals surface area contributed by atoms with Crippen LogP contribution in [0.15, 0.2) is 12.2 Å². The van der Waals surface area contributed by atoms with Crippen molar-refractivity contribution in [2.24, 2.45) is 11.3 Å². The van der Waals surface area contributed by atoms with E-state index in [2.05, 4.69) is 19.1 Å². The van der Waals surface area contributed by atoms with Crippen LogP contribution in [-0.4, -0.2) is 23.1 Å². The summed E-state index contributed by atoms with van der Waals surface area (Å²) in [6, 6.07) is 0. The van der Waals surface area contributed by atoms with E-state index in [1.807, 2.05) is 0 Å². The van der Waals surface area contributed by atoms with Gasteiger partial charge in [0.05, 0.1) is 0 Å². The van der Waals surface area contributed by atoms with Gasteiger partial charge >= 0.3 is 23.1 Å². The molecule has 0 aromatic carbocycles. The molecule has 0 nitrogen and oxygen atoms in total. The van der Waals surface area contributed by atoms with Gasteiger partial charge in [-0.2, -0.15) is 6.42 Å². The van der Waals surface area contributed by atoms with Crippen molar-refractivity contribution in [3.8, 4) is 0 Å². The maximum absolute atomic E-state index is 3.99. The van der Waals surface area contributed by atoms with E-state index in [9.17, 15) is 0 Å². The number of hydrogen-bond donors (Lipinski definition) is 0. The SMILES string of the molecule is [CH2-]CC12C=CC(CC1)C2.[Cl-].[Mg+2]. The Morgan fingerprint density at radius 3 is 2.45 bits per heavy atom. The van der Waals surface area contributed by atoms with Gasteiger partial charge in [0.2, 0.25) is 0 Å². The third kappa shape index (κ3) is 1.93. The zero-order valence-electron chi connectivity index (χ0n) is 6.85. The zero-order chi connectivity index (χ0) is 6.32. The summed E-state index contributed by atoms with van der Waals surface area (Å²) in [5.41, 5.74) is 0.560. The van der Waals surface area contributed by atoms with Gasteiger partial charge in [0.25, 0.3) is 0 Å². The predicted molar refractivity (Wildman–Crippen MR) is 44.6 cm³/mol. The van der Waals surface area contributed by atoms with Crippen molar-refractivity contribution in [3.05, 3.63) is 19.1 Å². The smallest absolute Gasteiger partial charge is 1.00 e. The van der Waals surface area contributed by atoms with Crippen molar-refractivity contribution >= 4 is 23.1 Å². The molecule has 2 heteroatoms. The van der Waals surface area contributed by atoms with Gasteiger partial charge in [-0.3, -0.25) is 0 Å². The number of hydrogen-bond acceptors (Lipinski definition) is 0. The van der Waals surface area contributed by atoms with Crippen molar-refractivity contribution in [2.75, 3.05) is 0 Å². The van der Waals surface area contributed by atoms with Crippen molar-refractivity contribution < 1.29 is 12.4 Å². The van der Waals surface area contributed by atoms with Crippen LogP contribution in [0.5, 0.6) is 0 Å². The Morgan fingerprint density at radius 2 is 2.27 bits per heavy atom. The molecule has 2 bridgehead atoms. The average Bonchev–Trinajstić information content (AvgIpc) is 2.46. The first-order valence-electron chi connectivity index (χ1n) is 3.83. The number of fused-ring (bicyclic) bond motifs is 2. The maximum atomic E-state index is 3.99. The Hall–Kier alpha value is 0.796. The van der Waals surface area contributed by atoms with Gasteiger partial charge in [0.15, 0.2) is 0 Å². The summed E-state index contributed by atoms with van der Waals surface area (Å²) in [4.78, 5) is 0. The van der Waals surface area contributed by atoms with Crippen LogP contribution in [-0.2, 0) is 0 Å². The molecule has 0 aromatic heterocycles. The topological polar surface area (TPSA) is 0 Å². The van der Waals surface area contributed by atoms with Crippen molar-refractivity contribution in [1.82, 2.24) is 0 Å². The van der Waals surface area contributed by atoms with Crippen LogP contribution in [0.2, 0.25) is 0 Å². The fourth-order valence-corrected chi connectivity index (χ4v) is 2.17. The summed E-state index contributed by atoms with van der Waals surface area (Å²) in [5.74, 6) is 0.923. The second-order valence-corrected chi connectivity index (χ2v) is 3.47. The quantitative estimate of drug-likeness (QED) is 0.282. The van der Waals surface area contributed by atoms with Crippen LogP contribution in [0.1, 0.15) is 25.7 Å². The van der Waals surface area contributed by atoms with E-state index < -0.39 is 0 Å². The van der Waals surface area contributed by atoms with Crippen LogP contribution in [0, 0.1) is 18.3 Å². The average molecular weight is 181 g/mol. The summed E-state index contributed by atoms with van der Waals surface area (Å²) < 4.78 is 0. The molecule has 0 N–H and O–H groups in total. The number of rotatable bonds is 1. The molecule has 0 heterocycles. The largest absolute Gasteiger partial charge is 2.00 e. The summed E-state index contributed by atoms with van der Waals surface area (Å²) in [6.45, 7) is 3.99. The molecule has 0 amide bonds. The molecule has 0 aromatic rings. The van der Waals surface area contributed by atoms with Crippen molar-refractivity contribution in [1.29, 1.82) is 0 Å². The van der Waals surface area contributed by atoms with Gasteiger partial charge in [0.1, 0.15) is 0 Å². The minimum Gasteiger partial charge on any atom is -1.00 e. The van der Waals surface area contributed by atoms with E-state index in [4.69, 9.17) is 0 Å². The molecule has 11 heavy (non-hydrogen) atoms. The van der Waals surface area contributed by atoms with E-state index in [0.29, 0.717) is 5.41 Å². The Balaban J connectivity index is 0.000000500. The number of halogens is 1. The minimum atomic E-state index is 0. The minimum absolute atomic E-state index is 0. The van der Waals surface area contributed by atoms with Crippen LogP contribution < -0.4 is 12.4 Å². The summed E-state index contributed by atoms with van der Waals surface area (Å²) in [6.07, 6.45) is 10.1. The van der Waals surface area contributed by atoms with E-state index in [-0.39, 0.29) is 35.5 Å². The molecule has 1 saturated carbocycles. The maximum Gasteiger partial charge on any atom is 2.00 e. The first-order chi connectivity index (χ1) is 4.35. The molecule has 0 spiro atoms. The molecule has 0 saturated heterocycles. The van der Waals surface area contributed by atoms with Crippen molar-refractivity contribution in [3.63, 3.8) is 0 Å². The van der Waals surface area contributed by atoms with Gasteiger partial charge in [-0.1, -0.05) is 12.2 Å². The Kier molecular flexibility index (Phi) is 4.45. The van der Waals surface area contributed by atoms with Gasteiger partial charge < -0.3 is 19.3 Å². The van der Waals surface area contributed by atoms with E-state index in [1.165, 1.54) is 19.3 Å². The Labute approximate surface area is 91.4 Å². The second kappa shape index (κ2) is 4.15. The first-order valence-corrected chi connectivity index (χ1v) is 3.83. The van der Waals surface area contributed by atoms with Gasteiger partial charge in [-0.25, -0.2) is 0 Å². The fourth-order valence-electron chi connectivity index (χ4n) is 2.17. The molecule has 58 valence electrons. The third-order valence-electron chi connectivity index (χ3n) is 2.90. The molecular weight excluding hydrogens is 168 g/mol. The van der Waals surface area contributed by atoms with E-state index in [1.54, 1.807) is 0 Å². The monoisotopic (exact) mass is 180 g/mol. The molecule has 2 unspecified atom stereocenters. The standard InChI is InChI=1S/C9H13.ClH.Mg/c1-2-9-5-3-8(7-9)4-6-9;;/h3,5,8H,1-2,4,6-7H2;1H;/q-1;;+2/p-1. The van der Waals surface area contributed by atoms with E-state index in [0.717, 1.165) is 12.3 Å². The fraction of sp³-hybridized carbons (Fsp3) is 0.667. The summed E-state index contributed by atoms with van der Waals surface area (Å²) >= 11 is 0. The molecule has 0 radical (unpaired) electrons. The third-order valence-corrected chi connectivity index (χ3v) is 2.90. The summed E-state index contributed by atoms with van der Waals surface area (Å²) in [5, 5.41) is 0. The van der Waals surface area contributed by atoms with Crippen LogP contribution >= 0.6 is 0 Å². The predicted octanol–water partition coefficient (Wildman–Crippen LogP) is -0.810. The summed E-state index contributed by atoms with van der Waals surface area (Å²) in [7, 11) is 0. The van der Waals surface area contributed by atoms with Crippen molar-refractivity contribution in [2.45, 2.75) is 25.7 Å². The molecule has 2 aliphatic carbocycles. The zero-order valence-corrected chi connectivity index (χ0v) is 9.02. The van der Waals surface area contributed by atoms with Gasteiger partial charge in [-0.05, 0) is 30.6 Å². The molecule has 1 fully saturated rings. The van der Waals surface area contributed by atoms with Gasteiger partial charge in [-0.15, -0.1) is 0 Å². The van der Waals surface area contributed by atoms with E-state index >= 15 is 0 Å². The van der Waals surface area contributed by atoms with Crippen LogP contribution in [0.4, 0.5) is 0 Å². The molecular formula is C9H13ClMg. The van der Waals surface area contributed by atoms with Crippen LogP contribution in [0.25, 0.3) is 0 Å². The Morgan fingerprint density at radius 1 is 1.55 bits per heavy atom. The van der Waals surface area contributed by atoms with Crippen LogP contribution in [0.3, 0.4) is 0 Å². The Bertz CT molecular complexity index is 156. The second-order valence-electron chi connectivity index (χ2n) is 3.47.